The molecule has 0 heterocycles. The van der Waals surface area contributed by atoms with Crippen LogP contribution in [-0.2, 0) is 14.3 Å². The van der Waals surface area contributed by atoms with Crippen LogP contribution in [0, 0.1) is 40.4 Å². The highest BCUT2D eigenvalue weighted by molar-refractivity contribution is 5.99. The number of aliphatic hydroxyl groups excluding tert-OH is 2. The van der Waals surface area contributed by atoms with Crippen molar-refractivity contribution in [2.24, 2.45) is 40.4 Å². The maximum atomic E-state index is 13.9. The third-order valence-electron chi connectivity index (χ3n) is 11.1. The molecule has 0 aliphatic heterocycles. The molecule has 2 saturated carbocycles. The number of methoxy groups -OCH3 is 1. The Kier molecular flexibility index (Phi) is 7.15. The van der Waals surface area contributed by atoms with Gasteiger partial charge in [-0.25, -0.2) is 0 Å². The van der Waals surface area contributed by atoms with E-state index in [-0.39, 0.29) is 34.9 Å². The number of rotatable bonds is 6. The molecular weight excluding hydrogens is 456 g/mol. The first kappa shape index (κ1) is 27.5. The van der Waals surface area contributed by atoms with Gasteiger partial charge in [-0.3, -0.25) is 9.59 Å². The van der Waals surface area contributed by atoms with Crippen molar-refractivity contribution in [1.82, 2.24) is 0 Å². The van der Waals surface area contributed by atoms with E-state index in [9.17, 15) is 24.9 Å². The summed E-state index contributed by atoms with van der Waals surface area (Å²) in [6.07, 6.45) is 3.94. The van der Waals surface area contributed by atoms with Gasteiger partial charge in [-0.2, -0.15) is 0 Å². The van der Waals surface area contributed by atoms with Crippen LogP contribution < -0.4 is 0 Å². The molecule has 6 heteroatoms. The molecule has 0 amide bonds. The van der Waals surface area contributed by atoms with Gasteiger partial charge in [0, 0.05) is 23.3 Å². The Morgan fingerprint density at radius 2 is 1.83 bits per heavy atom. The minimum absolute atomic E-state index is 0.116. The summed E-state index contributed by atoms with van der Waals surface area (Å²) in [6, 6.07) is 0. The Morgan fingerprint density at radius 3 is 2.47 bits per heavy atom. The number of hydrogen-bond donors (Lipinski definition) is 3. The lowest BCUT2D eigenvalue weighted by Crippen LogP contribution is -2.61. The van der Waals surface area contributed by atoms with Crippen LogP contribution in [0.15, 0.2) is 23.3 Å². The molecule has 4 rings (SSSR count). The molecule has 2 fully saturated rings. The Hall–Kier alpha value is -1.50. The average molecular weight is 503 g/mol. The van der Waals surface area contributed by atoms with Crippen LogP contribution >= 0.6 is 0 Å². The number of ether oxygens (including phenoxy) is 1. The third-order valence-corrected chi connectivity index (χ3v) is 11.1. The second-order valence-electron chi connectivity index (χ2n) is 13.1. The monoisotopic (exact) mass is 502 g/mol. The van der Waals surface area contributed by atoms with Crippen LogP contribution in [0.4, 0.5) is 0 Å². The third kappa shape index (κ3) is 4.03. The summed E-state index contributed by atoms with van der Waals surface area (Å²) in [6.45, 7) is 14.2. The summed E-state index contributed by atoms with van der Waals surface area (Å²) < 4.78 is 4.87. The maximum Gasteiger partial charge on any atom is 0.312 e. The summed E-state index contributed by atoms with van der Waals surface area (Å²) >= 11 is 0. The van der Waals surface area contributed by atoms with E-state index in [1.165, 1.54) is 7.11 Å². The smallest absolute Gasteiger partial charge is 0.312 e. The summed E-state index contributed by atoms with van der Waals surface area (Å²) in [4.78, 5) is 25.8. The number of hydrogen-bond acceptors (Lipinski definition) is 6. The van der Waals surface area contributed by atoms with Gasteiger partial charge in [-0.15, -0.1) is 0 Å². The van der Waals surface area contributed by atoms with Gasteiger partial charge in [-0.05, 0) is 87.5 Å². The molecule has 202 valence electrons. The van der Waals surface area contributed by atoms with Crippen LogP contribution in [0.5, 0.6) is 0 Å². The van der Waals surface area contributed by atoms with Gasteiger partial charge in [0.05, 0.1) is 30.8 Å². The van der Waals surface area contributed by atoms with E-state index in [4.69, 9.17) is 4.74 Å². The fourth-order valence-electron chi connectivity index (χ4n) is 8.88. The van der Waals surface area contributed by atoms with Crippen molar-refractivity contribution < 1.29 is 29.6 Å². The molecule has 0 spiro atoms. The number of carbonyl (C=O) groups is 2. The standard InChI is InChI=1S/C30H46O6/c1-16(18(3)27(34)36-7)8-9-17(2)19-10-11-20-25-21(31)14-23-28(4,13-12-24(33)30(23,6)35)26(25)22(32)15-29(19,20)5/h17-21,23-24,31,33,35H,1,8-15H2,2-7H3/t17-,18?,19-,20+,21?,23?,24?,28+,29-,30-/m1/s1. The van der Waals surface area contributed by atoms with Crippen molar-refractivity contribution in [2.45, 2.75) is 104 Å². The van der Waals surface area contributed by atoms with Crippen LogP contribution in [0.25, 0.3) is 0 Å². The molecular formula is C30H46O6. The molecule has 4 unspecified atom stereocenters. The fraction of sp³-hybridized carbons (Fsp3) is 0.800. The number of carbonyl (C=O) groups excluding carboxylic acids is 2. The fourth-order valence-corrected chi connectivity index (χ4v) is 8.88. The molecule has 6 nitrogen and oxygen atoms in total. The number of ketones is 1. The number of esters is 1. The first-order valence-corrected chi connectivity index (χ1v) is 13.8. The van der Waals surface area contributed by atoms with Gasteiger partial charge in [0.2, 0.25) is 0 Å². The average Bonchev–Trinajstić information content (AvgIpc) is 3.16. The number of aliphatic hydroxyl groups is 3. The van der Waals surface area contributed by atoms with Gasteiger partial charge in [0.15, 0.2) is 5.78 Å². The van der Waals surface area contributed by atoms with E-state index in [1.807, 2.05) is 6.92 Å². The van der Waals surface area contributed by atoms with Crippen molar-refractivity contribution in [1.29, 1.82) is 0 Å². The Balaban J connectivity index is 1.60. The van der Waals surface area contributed by atoms with Gasteiger partial charge >= 0.3 is 5.97 Å². The summed E-state index contributed by atoms with van der Waals surface area (Å²) in [5.41, 5.74) is 0.496. The molecule has 0 aromatic heterocycles. The number of fused-ring (bicyclic) bond motifs is 4. The van der Waals surface area contributed by atoms with Gasteiger partial charge in [-0.1, -0.05) is 32.9 Å². The zero-order valence-corrected chi connectivity index (χ0v) is 23.0. The van der Waals surface area contributed by atoms with Crippen molar-refractivity contribution in [2.75, 3.05) is 7.11 Å². The number of allylic oxidation sites excluding steroid dienone is 1. The maximum absolute atomic E-state index is 13.9. The summed E-state index contributed by atoms with van der Waals surface area (Å²) in [7, 11) is 1.40. The predicted octanol–water partition coefficient (Wildman–Crippen LogP) is 4.36. The van der Waals surface area contributed by atoms with E-state index in [1.54, 1.807) is 6.92 Å². The van der Waals surface area contributed by atoms with E-state index in [0.29, 0.717) is 37.5 Å². The van der Waals surface area contributed by atoms with Crippen LogP contribution in [0.2, 0.25) is 0 Å². The van der Waals surface area contributed by atoms with E-state index < -0.39 is 23.2 Å². The second-order valence-corrected chi connectivity index (χ2v) is 13.1. The topological polar surface area (TPSA) is 104 Å². The van der Waals surface area contributed by atoms with Crippen molar-refractivity contribution >= 4 is 11.8 Å². The quantitative estimate of drug-likeness (QED) is 0.368. The molecule has 0 saturated heterocycles. The second kappa shape index (κ2) is 9.36. The summed E-state index contributed by atoms with van der Waals surface area (Å²) in [5.74, 6) is 0.0293. The first-order valence-electron chi connectivity index (χ1n) is 13.8. The van der Waals surface area contributed by atoms with Gasteiger partial charge in [0.1, 0.15) is 0 Å². The van der Waals surface area contributed by atoms with Crippen LogP contribution in [0.1, 0.15) is 86.0 Å². The lowest BCUT2D eigenvalue weighted by atomic mass is 9.47. The zero-order chi connectivity index (χ0) is 26.8. The van der Waals surface area contributed by atoms with Gasteiger partial charge in [0.25, 0.3) is 0 Å². The normalized spacial score (nSPS) is 43.8. The van der Waals surface area contributed by atoms with E-state index in [2.05, 4.69) is 27.4 Å². The molecule has 0 radical (unpaired) electrons. The minimum atomic E-state index is -1.33. The molecule has 10 atom stereocenters. The summed E-state index contributed by atoms with van der Waals surface area (Å²) in [5, 5.41) is 33.2. The highest BCUT2D eigenvalue weighted by Crippen LogP contribution is 2.66. The Labute approximate surface area is 216 Å². The van der Waals surface area contributed by atoms with Crippen molar-refractivity contribution in [3.8, 4) is 0 Å². The van der Waals surface area contributed by atoms with Crippen LogP contribution in [0.3, 0.4) is 0 Å². The molecule has 4 aliphatic rings. The van der Waals surface area contributed by atoms with Crippen molar-refractivity contribution in [3.05, 3.63) is 23.3 Å². The SMILES string of the molecule is C=C(CC[C@@H](C)[C@H]1CC[C@H]2C3=C(C(=O)C[C@]12C)[C@@]1(C)CCC(O)[C@](C)(O)C1CC3O)C(C)C(=O)OC. The van der Waals surface area contributed by atoms with E-state index in [0.717, 1.165) is 42.4 Å². The highest BCUT2D eigenvalue weighted by atomic mass is 16.5. The predicted molar refractivity (Wildman–Crippen MR) is 138 cm³/mol. The minimum Gasteiger partial charge on any atom is -0.469 e. The highest BCUT2D eigenvalue weighted by Gasteiger charge is 2.63. The van der Waals surface area contributed by atoms with Crippen LogP contribution in [-0.4, -0.2) is 52.0 Å². The molecule has 4 aliphatic carbocycles. The first-order chi connectivity index (χ1) is 16.7. The number of Topliss-reactive ketones (excluding diaryl/α,β-unsaturated/α-hetero) is 1. The molecule has 0 aromatic rings. The largest absolute Gasteiger partial charge is 0.469 e. The molecule has 0 aromatic carbocycles. The Bertz CT molecular complexity index is 964. The zero-order valence-electron chi connectivity index (χ0n) is 23.0. The lowest BCUT2D eigenvalue weighted by Gasteiger charge is -2.59. The Morgan fingerprint density at radius 1 is 1.17 bits per heavy atom. The van der Waals surface area contributed by atoms with Crippen molar-refractivity contribution in [3.63, 3.8) is 0 Å². The molecule has 0 bridgehead atoms. The molecule has 36 heavy (non-hydrogen) atoms. The lowest BCUT2D eigenvalue weighted by molar-refractivity contribution is -0.174. The van der Waals surface area contributed by atoms with Gasteiger partial charge < -0.3 is 20.1 Å². The van der Waals surface area contributed by atoms with E-state index >= 15 is 0 Å². The molecule has 3 N–H and O–H groups in total.